The zero-order valence-corrected chi connectivity index (χ0v) is 22.4. The van der Waals surface area contributed by atoms with E-state index >= 15 is 0 Å². The van der Waals surface area contributed by atoms with Gasteiger partial charge in [-0.15, -0.1) is 0 Å². The molecule has 0 nitrogen and oxygen atoms in total. The predicted octanol–water partition coefficient (Wildman–Crippen LogP) is 10.6. The number of hydrogen-bond donors (Lipinski definition) is 0. The lowest BCUT2D eigenvalue weighted by atomic mass is 9.69. The quantitative estimate of drug-likeness (QED) is 0.211. The van der Waals surface area contributed by atoms with E-state index < -0.39 is 0 Å². The van der Waals surface area contributed by atoms with E-state index in [0.717, 1.165) is 35.5 Å². The van der Waals surface area contributed by atoms with Crippen molar-refractivity contribution >= 4 is 0 Å². The van der Waals surface area contributed by atoms with Gasteiger partial charge in [-0.05, 0) is 53.8 Å². The van der Waals surface area contributed by atoms with Crippen molar-refractivity contribution in [3.63, 3.8) is 0 Å². The molecule has 0 aromatic rings. The van der Waals surface area contributed by atoms with E-state index in [9.17, 15) is 0 Å². The van der Waals surface area contributed by atoms with Gasteiger partial charge < -0.3 is 0 Å². The number of rotatable bonds is 18. The average Bonchev–Trinajstić information content (AvgIpc) is 2.74. The van der Waals surface area contributed by atoms with Gasteiger partial charge in [0, 0.05) is 0 Å². The Morgan fingerprint density at radius 3 is 1.59 bits per heavy atom. The highest BCUT2D eigenvalue weighted by molar-refractivity contribution is 4.81. The fourth-order valence-corrected chi connectivity index (χ4v) is 6.41. The van der Waals surface area contributed by atoms with Crippen LogP contribution >= 0.6 is 0 Å². The molecule has 0 aliphatic rings. The van der Waals surface area contributed by atoms with Gasteiger partial charge in [0.25, 0.3) is 0 Å². The van der Waals surface area contributed by atoms with Gasteiger partial charge in [-0.1, -0.05) is 133 Å². The van der Waals surface area contributed by atoms with E-state index in [1.165, 1.54) is 77.0 Å². The molecule has 0 N–H and O–H groups in total. The maximum atomic E-state index is 2.57. The first-order valence-corrected chi connectivity index (χ1v) is 13.8. The molecule has 0 rings (SSSR count). The summed E-state index contributed by atoms with van der Waals surface area (Å²) in [4.78, 5) is 0. The Kier molecular flexibility index (Phi) is 15.8. The maximum absolute atomic E-state index is 2.57. The minimum Gasteiger partial charge on any atom is -0.0654 e. The largest absolute Gasteiger partial charge is 0.0654 e. The second kappa shape index (κ2) is 15.8. The van der Waals surface area contributed by atoms with E-state index in [-0.39, 0.29) is 0 Å². The van der Waals surface area contributed by atoms with Crippen molar-refractivity contribution < 1.29 is 0 Å². The van der Waals surface area contributed by atoms with Crippen LogP contribution in [0.15, 0.2) is 0 Å². The topological polar surface area (TPSA) is 0 Å². The zero-order chi connectivity index (χ0) is 22.4. The monoisotopic (exact) mass is 408 g/mol. The van der Waals surface area contributed by atoms with Gasteiger partial charge in [0.15, 0.2) is 0 Å². The predicted molar refractivity (Wildman–Crippen MR) is 136 cm³/mol. The third kappa shape index (κ3) is 9.35. The first kappa shape index (κ1) is 29.0. The molecule has 6 atom stereocenters. The molecule has 6 unspecified atom stereocenters. The second-order valence-electron chi connectivity index (χ2n) is 10.8. The lowest BCUT2D eigenvalue weighted by Crippen LogP contribution is -2.26. The zero-order valence-electron chi connectivity index (χ0n) is 22.4. The summed E-state index contributed by atoms with van der Waals surface area (Å²) >= 11 is 0. The molecule has 0 spiro atoms. The Labute approximate surface area is 187 Å². The highest BCUT2D eigenvalue weighted by atomic mass is 14.4. The van der Waals surface area contributed by atoms with Gasteiger partial charge in [0.1, 0.15) is 0 Å². The molecule has 29 heavy (non-hydrogen) atoms. The summed E-state index contributed by atoms with van der Waals surface area (Å²) in [6.07, 6.45) is 16.7. The standard InChI is InChI=1S/C29H60/c1-11-19-26(13-3)24(9)27(14-4)22-23(8)25(12-2)20-18-21-28(15-5)29(10,16-6)17-7/h23-28H,11-22H2,1-10H3. The van der Waals surface area contributed by atoms with Gasteiger partial charge in [0.05, 0.1) is 0 Å². The summed E-state index contributed by atoms with van der Waals surface area (Å²) in [7, 11) is 0. The van der Waals surface area contributed by atoms with Crippen molar-refractivity contribution in [3.05, 3.63) is 0 Å². The minimum atomic E-state index is 0.555. The second-order valence-corrected chi connectivity index (χ2v) is 10.8. The molecule has 0 aromatic carbocycles. The van der Waals surface area contributed by atoms with Crippen LogP contribution in [0.25, 0.3) is 0 Å². The van der Waals surface area contributed by atoms with Crippen LogP contribution in [0.5, 0.6) is 0 Å². The van der Waals surface area contributed by atoms with Gasteiger partial charge in [-0.2, -0.15) is 0 Å². The minimum absolute atomic E-state index is 0.555. The van der Waals surface area contributed by atoms with Gasteiger partial charge in [0.2, 0.25) is 0 Å². The Morgan fingerprint density at radius 2 is 1.17 bits per heavy atom. The van der Waals surface area contributed by atoms with E-state index in [1.54, 1.807) is 0 Å². The molecule has 0 bridgehead atoms. The summed E-state index contributed by atoms with van der Waals surface area (Å²) in [5.74, 6) is 5.47. The first-order chi connectivity index (χ1) is 13.8. The highest BCUT2D eigenvalue weighted by Gasteiger charge is 2.30. The molecule has 0 saturated carbocycles. The van der Waals surface area contributed by atoms with Gasteiger partial charge >= 0.3 is 0 Å². The lowest BCUT2D eigenvalue weighted by Gasteiger charge is -2.37. The average molecular weight is 409 g/mol. The molecule has 0 fully saturated rings. The van der Waals surface area contributed by atoms with Crippen molar-refractivity contribution in [2.24, 2.45) is 40.9 Å². The van der Waals surface area contributed by atoms with E-state index in [2.05, 4.69) is 69.2 Å². The molecular weight excluding hydrogens is 348 g/mol. The van der Waals surface area contributed by atoms with E-state index in [4.69, 9.17) is 0 Å². The summed E-state index contributed by atoms with van der Waals surface area (Å²) in [6, 6.07) is 0. The molecule has 0 saturated heterocycles. The van der Waals surface area contributed by atoms with Crippen LogP contribution in [0.3, 0.4) is 0 Å². The molecule has 0 heterocycles. The van der Waals surface area contributed by atoms with Crippen molar-refractivity contribution in [1.82, 2.24) is 0 Å². The fourth-order valence-electron chi connectivity index (χ4n) is 6.41. The van der Waals surface area contributed by atoms with Crippen LogP contribution in [0.4, 0.5) is 0 Å². The smallest absolute Gasteiger partial charge is 0.0303 e. The lowest BCUT2D eigenvalue weighted by molar-refractivity contribution is 0.139. The Hall–Kier alpha value is 0. The maximum Gasteiger partial charge on any atom is -0.0303 e. The van der Waals surface area contributed by atoms with Gasteiger partial charge in [-0.3, -0.25) is 0 Å². The third-order valence-corrected chi connectivity index (χ3v) is 9.42. The molecule has 0 aromatic heterocycles. The molecule has 0 amide bonds. The first-order valence-electron chi connectivity index (χ1n) is 13.8. The normalized spacial score (nSPS) is 18.8. The van der Waals surface area contributed by atoms with Crippen LogP contribution in [0, 0.1) is 40.9 Å². The molecule has 0 radical (unpaired) electrons. The SMILES string of the molecule is CCCC(CC)C(C)C(CC)CC(C)C(CC)CCCC(CC)C(C)(CC)CC. The molecule has 0 heteroatoms. The summed E-state index contributed by atoms with van der Waals surface area (Å²) in [6.45, 7) is 24.5. The molecule has 0 aliphatic heterocycles. The van der Waals surface area contributed by atoms with Crippen LogP contribution < -0.4 is 0 Å². The Morgan fingerprint density at radius 1 is 0.621 bits per heavy atom. The van der Waals surface area contributed by atoms with E-state index in [1.807, 2.05) is 0 Å². The number of hydrogen-bond acceptors (Lipinski definition) is 0. The van der Waals surface area contributed by atoms with Crippen molar-refractivity contribution in [1.29, 1.82) is 0 Å². The van der Waals surface area contributed by atoms with Crippen molar-refractivity contribution in [2.75, 3.05) is 0 Å². The van der Waals surface area contributed by atoms with Crippen molar-refractivity contribution in [3.8, 4) is 0 Å². The summed E-state index contributed by atoms with van der Waals surface area (Å²) in [5.41, 5.74) is 0.555. The fraction of sp³-hybridized carbons (Fsp3) is 1.00. The van der Waals surface area contributed by atoms with Crippen LogP contribution in [-0.2, 0) is 0 Å². The summed E-state index contributed by atoms with van der Waals surface area (Å²) < 4.78 is 0. The molecule has 0 aliphatic carbocycles. The Balaban J connectivity index is 4.80. The van der Waals surface area contributed by atoms with Crippen LogP contribution in [-0.4, -0.2) is 0 Å². The van der Waals surface area contributed by atoms with Crippen molar-refractivity contribution in [2.45, 2.75) is 146 Å². The van der Waals surface area contributed by atoms with Gasteiger partial charge in [-0.25, -0.2) is 0 Å². The van der Waals surface area contributed by atoms with Crippen LogP contribution in [0.2, 0.25) is 0 Å². The molecule has 176 valence electrons. The molecular formula is C29H60. The highest BCUT2D eigenvalue weighted by Crippen LogP contribution is 2.41. The Bertz CT molecular complexity index is 366. The summed E-state index contributed by atoms with van der Waals surface area (Å²) in [5, 5.41) is 0. The van der Waals surface area contributed by atoms with Crippen LogP contribution in [0.1, 0.15) is 146 Å². The third-order valence-electron chi connectivity index (χ3n) is 9.42. The van der Waals surface area contributed by atoms with E-state index in [0.29, 0.717) is 5.41 Å².